The number of nitrogens with zero attached hydrogens (tertiary/aromatic N) is 1. The number of benzene rings is 1. The van der Waals surface area contributed by atoms with E-state index in [0.717, 1.165) is 31.4 Å². The summed E-state index contributed by atoms with van der Waals surface area (Å²) >= 11 is 0. The standard InChI is InChI=1S/C16H22N2O4S/c19-16-5-1-2-10-18(16)13-6-8-15(9-7-13)23(20,21)17-12-14-4-3-11-22-14/h6-9,14,17H,1-5,10-12H2/t14-/m1/s1. The maximum atomic E-state index is 12.3. The zero-order chi connectivity index (χ0) is 16.3. The van der Waals surface area contributed by atoms with Crippen molar-refractivity contribution in [3.63, 3.8) is 0 Å². The molecule has 0 radical (unpaired) electrons. The molecule has 0 aliphatic carbocycles. The molecular weight excluding hydrogens is 316 g/mol. The number of sulfonamides is 1. The number of hydrogen-bond acceptors (Lipinski definition) is 4. The number of hydrogen-bond donors (Lipinski definition) is 1. The maximum absolute atomic E-state index is 12.3. The molecule has 2 aliphatic heterocycles. The number of nitrogens with one attached hydrogen (secondary N) is 1. The second-order valence-electron chi connectivity index (χ2n) is 5.98. The molecule has 1 N–H and O–H groups in total. The third-order valence-electron chi connectivity index (χ3n) is 4.31. The van der Waals surface area contributed by atoms with Gasteiger partial charge in [0, 0.05) is 31.8 Å². The summed E-state index contributed by atoms with van der Waals surface area (Å²) in [6.45, 7) is 1.70. The van der Waals surface area contributed by atoms with Crippen molar-refractivity contribution in [1.29, 1.82) is 0 Å². The number of ether oxygens (including phenoxy) is 1. The lowest BCUT2D eigenvalue weighted by atomic mass is 10.1. The second-order valence-corrected chi connectivity index (χ2v) is 7.75. The highest BCUT2D eigenvalue weighted by Gasteiger charge is 2.22. The Morgan fingerprint density at radius 2 is 1.96 bits per heavy atom. The lowest BCUT2D eigenvalue weighted by molar-refractivity contribution is -0.119. The summed E-state index contributed by atoms with van der Waals surface area (Å²) in [6.07, 6.45) is 4.30. The zero-order valence-electron chi connectivity index (χ0n) is 13.0. The smallest absolute Gasteiger partial charge is 0.240 e. The van der Waals surface area contributed by atoms with Gasteiger partial charge in [-0.3, -0.25) is 4.79 Å². The Morgan fingerprint density at radius 1 is 1.17 bits per heavy atom. The fraction of sp³-hybridized carbons (Fsp3) is 0.562. The van der Waals surface area contributed by atoms with E-state index >= 15 is 0 Å². The largest absolute Gasteiger partial charge is 0.377 e. The lowest BCUT2D eigenvalue weighted by Crippen LogP contribution is -2.35. The molecule has 0 aromatic heterocycles. The molecule has 1 aromatic carbocycles. The van der Waals surface area contributed by atoms with Gasteiger partial charge in [-0.1, -0.05) is 0 Å². The molecule has 1 aromatic rings. The van der Waals surface area contributed by atoms with Crippen LogP contribution in [0.15, 0.2) is 29.2 Å². The van der Waals surface area contributed by atoms with Gasteiger partial charge in [0.1, 0.15) is 0 Å². The monoisotopic (exact) mass is 338 g/mol. The summed E-state index contributed by atoms with van der Waals surface area (Å²) in [4.78, 5) is 13.8. The first kappa shape index (κ1) is 16.4. The fourth-order valence-corrected chi connectivity index (χ4v) is 4.04. The van der Waals surface area contributed by atoms with Gasteiger partial charge in [-0.25, -0.2) is 13.1 Å². The SMILES string of the molecule is O=C1CCCCN1c1ccc(S(=O)(=O)NC[C@H]2CCCO2)cc1. The van der Waals surface area contributed by atoms with Gasteiger partial charge in [-0.05, 0) is 49.9 Å². The Balaban J connectivity index is 1.66. The quantitative estimate of drug-likeness (QED) is 0.886. The summed E-state index contributed by atoms with van der Waals surface area (Å²) in [5, 5.41) is 0. The summed E-state index contributed by atoms with van der Waals surface area (Å²) in [5.74, 6) is 0.100. The lowest BCUT2D eigenvalue weighted by Gasteiger charge is -2.26. The van der Waals surface area contributed by atoms with Crippen molar-refractivity contribution in [1.82, 2.24) is 4.72 Å². The number of carbonyl (C=O) groups excluding carboxylic acids is 1. The zero-order valence-corrected chi connectivity index (χ0v) is 13.8. The average molecular weight is 338 g/mol. The highest BCUT2D eigenvalue weighted by molar-refractivity contribution is 7.89. The molecule has 126 valence electrons. The Bertz CT molecular complexity index is 651. The van der Waals surface area contributed by atoms with Crippen molar-refractivity contribution in [2.75, 3.05) is 24.6 Å². The number of rotatable bonds is 5. The number of amides is 1. The van der Waals surface area contributed by atoms with Crippen LogP contribution in [-0.2, 0) is 19.6 Å². The van der Waals surface area contributed by atoms with Gasteiger partial charge in [0.05, 0.1) is 11.0 Å². The molecule has 0 bridgehead atoms. The molecule has 1 amide bonds. The van der Waals surface area contributed by atoms with Crippen LogP contribution < -0.4 is 9.62 Å². The van der Waals surface area contributed by atoms with Crippen molar-refractivity contribution in [2.45, 2.75) is 43.1 Å². The van der Waals surface area contributed by atoms with Crippen molar-refractivity contribution in [3.8, 4) is 0 Å². The maximum Gasteiger partial charge on any atom is 0.240 e. The molecule has 2 aliphatic rings. The Morgan fingerprint density at radius 3 is 2.61 bits per heavy atom. The first-order valence-corrected chi connectivity index (χ1v) is 9.56. The van der Waals surface area contributed by atoms with Crippen LogP contribution >= 0.6 is 0 Å². The molecule has 2 fully saturated rings. The number of anilines is 1. The first-order valence-electron chi connectivity index (χ1n) is 8.08. The van der Waals surface area contributed by atoms with E-state index in [1.165, 1.54) is 0 Å². The van der Waals surface area contributed by atoms with E-state index in [0.29, 0.717) is 26.1 Å². The van der Waals surface area contributed by atoms with E-state index in [1.54, 1.807) is 29.2 Å². The normalized spacial score (nSPS) is 22.5. The van der Waals surface area contributed by atoms with Gasteiger partial charge in [-0.2, -0.15) is 0 Å². The number of carbonyl (C=O) groups is 1. The Kier molecular flexibility index (Phi) is 4.99. The number of piperidine rings is 1. The molecule has 23 heavy (non-hydrogen) atoms. The molecule has 0 spiro atoms. The van der Waals surface area contributed by atoms with E-state index in [4.69, 9.17) is 4.74 Å². The minimum absolute atomic E-state index is 0.0324. The molecule has 0 unspecified atom stereocenters. The van der Waals surface area contributed by atoms with E-state index in [9.17, 15) is 13.2 Å². The predicted molar refractivity (Wildman–Crippen MR) is 86.8 cm³/mol. The van der Waals surface area contributed by atoms with Crippen LogP contribution in [0.4, 0.5) is 5.69 Å². The molecule has 1 atom stereocenters. The van der Waals surface area contributed by atoms with Gasteiger partial charge >= 0.3 is 0 Å². The molecule has 7 heteroatoms. The van der Waals surface area contributed by atoms with E-state index in [2.05, 4.69) is 4.72 Å². The van der Waals surface area contributed by atoms with Gasteiger partial charge in [-0.15, -0.1) is 0 Å². The van der Waals surface area contributed by atoms with Crippen LogP contribution in [-0.4, -0.2) is 40.1 Å². The van der Waals surface area contributed by atoms with E-state index < -0.39 is 10.0 Å². The minimum atomic E-state index is -3.54. The Labute approximate surface area is 136 Å². The highest BCUT2D eigenvalue weighted by Crippen LogP contribution is 2.22. The van der Waals surface area contributed by atoms with Crippen molar-refractivity contribution in [2.24, 2.45) is 0 Å². The summed E-state index contributed by atoms with van der Waals surface area (Å²) in [6, 6.07) is 6.50. The van der Waals surface area contributed by atoms with Gasteiger partial charge < -0.3 is 9.64 Å². The highest BCUT2D eigenvalue weighted by atomic mass is 32.2. The summed E-state index contributed by atoms with van der Waals surface area (Å²) < 4.78 is 32.6. The van der Waals surface area contributed by atoms with E-state index in [1.807, 2.05) is 0 Å². The fourth-order valence-electron chi connectivity index (χ4n) is 2.98. The van der Waals surface area contributed by atoms with Crippen LogP contribution in [0.5, 0.6) is 0 Å². The average Bonchev–Trinajstić information content (AvgIpc) is 3.07. The first-order chi connectivity index (χ1) is 11.1. The van der Waals surface area contributed by atoms with E-state index in [-0.39, 0.29) is 16.9 Å². The molecular formula is C16H22N2O4S. The van der Waals surface area contributed by atoms with Gasteiger partial charge in [0.15, 0.2) is 0 Å². The van der Waals surface area contributed by atoms with Crippen LogP contribution in [0.1, 0.15) is 32.1 Å². The van der Waals surface area contributed by atoms with Crippen LogP contribution in [0, 0.1) is 0 Å². The minimum Gasteiger partial charge on any atom is -0.377 e. The van der Waals surface area contributed by atoms with Gasteiger partial charge in [0.25, 0.3) is 0 Å². The second kappa shape index (κ2) is 6.98. The molecule has 0 saturated carbocycles. The predicted octanol–water partition coefficient (Wildman–Crippen LogP) is 1.66. The third-order valence-corrected chi connectivity index (χ3v) is 5.75. The summed E-state index contributed by atoms with van der Waals surface area (Å²) in [5.41, 5.74) is 0.757. The third kappa shape index (κ3) is 3.91. The van der Waals surface area contributed by atoms with Gasteiger partial charge in [0.2, 0.25) is 15.9 Å². The molecule has 2 saturated heterocycles. The molecule has 2 heterocycles. The summed E-state index contributed by atoms with van der Waals surface area (Å²) in [7, 11) is -3.54. The Hall–Kier alpha value is -1.44. The topological polar surface area (TPSA) is 75.7 Å². The molecule has 6 nitrogen and oxygen atoms in total. The molecule has 3 rings (SSSR count). The van der Waals surface area contributed by atoms with Crippen molar-refractivity contribution >= 4 is 21.6 Å². The van der Waals surface area contributed by atoms with Crippen molar-refractivity contribution < 1.29 is 17.9 Å². The van der Waals surface area contributed by atoms with Crippen LogP contribution in [0.3, 0.4) is 0 Å². The van der Waals surface area contributed by atoms with Crippen molar-refractivity contribution in [3.05, 3.63) is 24.3 Å². The van der Waals surface area contributed by atoms with Crippen LogP contribution in [0.25, 0.3) is 0 Å². The van der Waals surface area contributed by atoms with Crippen LogP contribution in [0.2, 0.25) is 0 Å².